The van der Waals surface area contributed by atoms with Gasteiger partial charge in [0.25, 0.3) is 5.91 Å². The summed E-state index contributed by atoms with van der Waals surface area (Å²) in [6.07, 6.45) is 1.29. The monoisotopic (exact) mass is 431 g/mol. The van der Waals surface area contributed by atoms with Crippen LogP contribution in [0.3, 0.4) is 0 Å². The smallest absolute Gasteiger partial charge is 0.255 e. The van der Waals surface area contributed by atoms with Crippen molar-refractivity contribution in [1.82, 2.24) is 4.72 Å². The van der Waals surface area contributed by atoms with Crippen molar-refractivity contribution < 1.29 is 22.7 Å². The summed E-state index contributed by atoms with van der Waals surface area (Å²) in [7, 11) is -2.30. The lowest BCUT2D eigenvalue weighted by molar-refractivity contribution is -0.117. The molecule has 0 spiro atoms. The molecule has 0 aromatic heterocycles. The minimum Gasteiger partial charge on any atom is -0.495 e. The Kier molecular flexibility index (Phi) is 6.42. The molecule has 8 nitrogen and oxygen atoms in total. The quantitative estimate of drug-likeness (QED) is 0.701. The summed E-state index contributed by atoms with van der Waals surface area (Å²) in [6.45, 7) is 4.07. The molecule has 2 N–H and O–H groups in total. The van der Waals surface area contributed by atoms with E-state index in [0.29, 0.717) is 30.0 Å². The van der Waals surface area contributed by atoms with Gasteiger partial charge in [-0.3, -0.25) is 9.59 Å². The lowest BCUT2D eigenvalue weighted by atomic mass is 10.1. The molecule has 0 saturated carbocycles. The molecule has 1 aliphatic rings. The van der Waals surface area contributed by atoms with Gasteiger partial charge in [0, 0.05) is 30.3 Å². The van der Waals surface area contributed by atoms with Crippen molar-refractivity contribution in [3.05, 3.63) is 48.0 Å². The molecule has 9 heteroatoms. The van der Waals surface area contributed by atoms with Gasteiger partial charge in [-0.2, -0.15) is 0 Å². The number of sulfonamides is 1. The van der Waals surface area contributed by atoms with Gasteiger partial charge in [-0.05, 0) is 56.7 Å². The first-order valence-electron chi connectivity index (χ1n) is 9.63. The fourth-order valence-corrected chi connectivity index (χ4v) is 4.54. The maximum atomic E-state index is 12.8. The molecule has 1 fully saturated rings. The first-order valence-corrected chi connectivity index (χ1v) is 11.1. The van der Waals surface area contributed by atoms with Crippen molar-refractivity contribution in [1.29, 1.82) is 0 Å². The van der Waals surface area contributed by atoms with E-state index in [1.807, 2.05) is 0 Å². The van der Waals surface area contributed by atoms with Crippen LogP contribution < -0.4 is 19.7 Å². The highest BCUT2D eigenvalue weighted by atomic mass is 32.2. The average molecular weight is 432 g/mol. The Morgan fingerprint density at radius 1 is 1.17 bits per heavy atom. The number of carbonyl (C=O) groups excluding carboxylic acids is 2. The number of methoxy groups -OCH3 is 1. The Bertz CT molecular complexity index is 1070. The standard InChI is InChI=1S/C21H25N3O5S/c1-14(2)23-30(27,28)17-9-10-19(29-3)18(13-17)22-21(26)15-6-4-7-16(12-15)24-11-5-8-20(24)25/h4,6-7,9-10,12-14,23H,5,8,11H2,1-3H3,(H,22,26). The van der Waals surface area contributed by atoms with Crippen LogP contribution in [0.5, 0.6) is 5.75 Å². The van der Waals surface area contributed by atoms with E-state index in [4.69, 9.17) is 4.74 Å². The summed E-state index contributed by atoms with van der Waals surface area (Å²) in [4.78, 5) is 26.5. The van der Waals surface area contributed by atoms with Gasteiger partial charge in [0.1, 0.15) is 5.75 Å². The minimum absolute atomic E-state index is 0.0173. The number of anilines is 2. The molecule has 2 amide bonds. The highest BCUT2D eigenvalue weighted by Crippen LogP contribution is 2.29. The fraction of sp³-hybridized carbons (Fsp3) is 0.333. The summed E-state index contributed by atoms with van der Waals surface area (Å²) < 4.78 is 32.7. The predicted molar refractivity (Wildman–Crippen MR) is 114 cm³/mol. The van der Waals surface area contributed by atoms with E-state index < -0.39 is 15.9 Å². The highest BCUT2D eigenvalue weighted by molar-refractivity contribution is 7.89. The molecule has 0 aliphatic carbocycles. The van der Waals surface area contributed by atoms with Crippen LogP contribution in [0.15, 0.2) is 47.4 Å². The molecule has 0 unspecified atom stereocenters. The van der Waals surface area contributed by atoms with Crippen LogP contribution in [-0.4, -0.2) is 39.9 Å². The van der Waals surface area contributed by atoms with E-state index in [2.05, 4.69) is 10.0 Å². The molecule has 0 bridgehead atoms. The topological polar surface area (TPSA) is 105 Å². The van der Waals surface area contributed by atoms with Gasteiger partial charge in [-0.15, -0.1) is 0 Å². The van der Waals surface area contributed by atoms with Gasteiger partial charge in [0.05, 0.1) is 17.7 Å². The lowest BCUT2D eigenvalue weighted by Crippen LogP contribution is -2.30. The number of amides is 2. The first kappa shape index (κ1) is 21.8. The predicted octanol–water partition coefficient (Wildman–Crippen LogP) is 2.76. The third kappa shape index (κ3) is 4.80. The van der Waals surface area contributed by atoms with E-state index in [0.717, 1.165) is 6.42 Å². The van der Waals surface area contributed by atoms with Gasteiger partial charge >= 0.3 is 0 Å². The molecule has 160 valence electrons. The minimum atomic E-state index is -3.73. The Morgan fingerprint density at radius 2 is 1.93 bits per heavy atom. The normalized spacial score (nSPS) is 14.3. The van der Waals surface area contributed by atoms with Crippen LogP contribution in [0.2, 0.25) is 0 Å². The van der Waals surface area contributed by atoms with E-state index in [1.54, 1.807) is 43.0 Å². The van der Waals surface area contributed by atoms with Crippen LogP contribution in [0.4, 0.5) is 11.4 Å². The van der Waals surface area contributed by atoms with E-state index in [1.165, 1.54) is 25.3 Å². The number of carbonyl (C=O) groups is 2. The Morgan fingerprint density at radius 3 is 2.57 bits per heavy atom. The Balaban J connectivity index is 1.87. The largest absolute Gasteiger partial charge is 0.495 e. The first-order chi connectivity index (χ1) is 14.2. The van der Waals surface area contributed by atoms with Crippen LogP contribution in [0.1, 0.15) is 37.0 Å². The van der Waals surface area contributed by atoms with Crippen molar-refractivity contribution in [2.24, 2.45) is 0 Å². The molecule has 30 heavy (non-hydrogen) atoms. The highest BCUT2D eigenvalue weighted by Gasteiger charge is 2.23. The molecular weight excluding hydrogens is 406 g/mol. The summed E-state index contributed by atoms with van der Waals surface area (Å²) >= 11 is 0. The van der Waals surface area contributed by atoms with Gasteiger partial charge in [-0.25, -0.2) is 13.1 Å². The summed E-state index contributed by atoms with van der Waals surface area (Å²) in [6, 6.07) is 10.8. The Labute approximate surface area is 176 Å². The molecule has 0 atom stereocenters. The fourth-order valence-electron chi connectivity index (χ4n) is 3.26. The summed E-state index contributed by atoms with van der Waals surface area (Å²) in [5, 5.41) is 2.71. The number of benzene rings is 2. The molecule has 1 saturated heterocycles. The number of rotatable bonds is 7. The van der Waals surface area contributed by atoms with Crippen molar-refractivity contribution in [3.63, 3.8) is 0 Å². The third-order valence-electron chi connectivity index (χ3n) is 4.61. The maximum Gasteiger partial charge on any atom is 0.255 e. The maximum absolute atomic E-state index is 12.8. The zero-order valence-corrected chi connectivity index (χ0v) is 18.0. The van der Waals surface area contributed by atoms with E-state index in [-0.39, 0.29) is 22.5 Å². The number of nitrogens with one attached hydrogen (secondary N) is 2. The van der Waals surface area contributed by atoms with Gasteiger partial charge in [0.2, 0.25) is 15.9 Å². The number of hydrogen-bond donors (Lipinski definition) is 2. The van der Waals surface area contributed by atoms with E-state index in [9.17, 15) is 18.0 Å². The molecule has 3 rings (SSSR count). The number of hydrogen-bond acceptors (Lipinski definition) is 5. The van der Waals surface area contributed by atoms with Crippen molar-refractivity contribution in [3.8, 4) is 5.75 Å². The van der Waals surface area contributed by atoms with Gasteiger partial charge in [0.15, 0.2) is 0 Å². The van der Waals surface area contributed by atoms with Crippen molar-refractivity contribution in [2.75, 3.05) is 23.9 Å². The molecule has 2 aromatic carbocycles. The van der Waals surface area contributed by atoms with Gasteiger partial charge in [-0.1, -0.05) is 6.07 Å². The Hall–Kier alpha value is -2.91. The zero-order chi connectivity index (χ0) is 21.9. The van der Waals surface area contributed by atoms with Crippen molar-refractivity contribution >= 4 is 33.2 Å². The number of nitrogens with zero attached hydrogens (tertiary/aromatic N) is 1. The van der Waals surface area contributed by atoms with Crippen LogP contribution in [0, 0.1) is 0 Å². The van der Waals surface area contributed by atoms with E-state index >= 15 is 0 Å². The number of ether oxygens (including phenoxy) is 1. The third-order valence-corrected chi connectivity index (χ3v) is 6.27. The molecule has 0 radical (unpaired) electrons. The lowest BCUT2D eigenvalue weighted by Gasteiger charge is -2.17. The molecule has 1 aliphatic heterocycles. The SMILES string of the molecule is COc1ccc(S(=O)(=O)NC(C)C)cc1NC(=O)c1cccc(N2CCCC2=O)c1. The molecule has 2 aromatic rings. The van der Waals surface area contributed by atoms with Crippen LogP contribution in [-0.2, 0) is 14.8 Å². The second kappa shape index (κ2) is 8.85. The summed E-state index contributed by atoms with van der Waals surface area (Å²) in [5.74, 6) is -0.0735. The van der Waals surface area contributed by atoms with Crippen molar-refractivity contribution in [2.45, 2.75) is 37.6 Å². The summed E-state index contributed by atoms with van der Waals surface area (Å²) in [5.41, 5.74) is 1.24. The van der Waals surface area contributed by atoms with Crippen LogP contribution in [0.25, 0.3) is 0 Å². The average Bonchev–Trinajstić information content (AvgIpc) is 3.13. The molecule has 1 heterocycles. The molecular formula is C21H25N3O5S. The second-order valence-corrected chi connectivity index (χ2v) is 9.01. The van der Waals surface area contributed by atoms with Gasteiger partial charge < -0.3 is 15.0 Å². The van der Waals surface area contributed by atoms with Crippen LogP contribution >= 0.6 is 0 Å². The second-order valence-electron chi connectivity index (χ2n) is 7.29. The zero-order valence-electron chi connectivity index (χ0n) is 17.1.